The molecular formula is C13H13N3O7. The first kappa shape index (κ1) is 15.3. The Morgan fingerprint density at radius 1 is 1.43 bits per heavy atom. The van der Waals surface area contributed by atoms with Gasteiger partial charge in [-0.25, -0.2) is 0 Å². The Morgan fingerprint density at radius 2 is 2.17 bits per heavy atom. The van der Waals surface area contributed by atoms with Crippen LogP contribution in [0.2, 0.25) is 0 Å². The van der Waals surface area contributed by atoms with E-state index in [-0.39, 0.29) is 23.3 Å². The molecule has 1 fully saturated rings. The minimum atomic E-state index is -1.52. The van der Waals surface area contributed by atoms with Crippen molar-refractivity contribution in [2.75, 3.05) is 13.2 Å². The molecule has 0 aliphatic carbocycles. The van der Waals surface area contributed by atoms with Crippen LogP contribution in [0.4, 0.5) is 0 Å². The molecule has 0 radical (unpaired) electrons. The van der Waals surface area contributed by atoms with Gasteiger partial charge in [-0.1, -0.05) is 12.1 Å². The Balaban J connectivity index is 2.02. The van der Waals surface area contributed by atoms with Gasteiger partial charge in [0.15, 0.2) is 0 Å². The number of aliphatic hydroxyl groups excluding tert-OH is 1. The van der Waals surface area contributed by atoms with Gasteiger partial charge in [-0.05, 0) is 6.07 Å². The van der Waals surface area contributed by atoms with E-state index < -0.39 is 30.0 Å². The molecule has 3 unspecified atom stereocenters. The van der Waals surface area contributed by atoms with Crippen molar-refractivity contribution < 1.29 is 23.9 Å². The molecule has 1 aliphatic rings. The summed E-state index contributed by atoms with van der Waals surface area (Å²) in [6, 6.07) is 6.12. The van der Waals surface area contributed by atoms with Crippen LogP contribution in [0.5, 0.6) is 0 Å². The lowest BCUT2D eigenvalue weighted by molar-refractivity contribution is -0.610. The van der Waals surface area contributed by atoms with Crippen molar-refractivity contribution in [3.8, 4) is 0 Å². The Kier molecular flexibility index (Phi) is 3.94. The van der Waals surface area contributed by atoms with Crippen molar-refractivity contribution in [3.05, 3.63) is 56.4 Å². The van der Waals surface area contributed by atoms with Crippen molar-refractivity contribution >= 4 is 11.0 Å². The van der Waals surface area contributed by atoms with Gasteiger partial charge in [-0.15, -0.1) is 0 Å². The zero-order valence-electron chi connectivity index (χ0n) is 11.8. The molecule has 2 aromatic rings. The summed E-state index contributed by atoms with van der Waals surface area (Å²) < 4.78 is 11.4. The molecule has 0 amide bonds. The number of fused-ring (bicyclic) bond motifs is 1. The van der Waals surface area contributed by atoms with E-state index in [1.807, 2.05) is 0 Å². The molecule has 0 saturated carbocycles. The fourth-order valence-corrected chi connectivity index (χ4v) is 2.45. The number of benzene rings is 1. The highest BCUT2D eigenvalue weighted by atomic mass is 16.7. The van der Waals surface area contributed by atoms with E-state index in [9.17, 15) is 20.2 Å². The van der Waals surface area contributed by atoms with Crippen LogP contribution in [0.3, 0.4) is 0 Å². The van der Waals surface area contributed by atoms with Crippen LogP contribution < -0.4 is 4.43 Å². The minimum Gasteiger partial charge on any atom is -0.805 e. The van der Waals surface area contributed by atoms with E-state index in [2.05, 4.69) is 0 Å². The number of hydrogen-bond donors (Lipinski definition) is 1. The molecule has 1 saturated heterocycles. The molecule has 3 atom stereocenters. The van der Waals surface area contributed by atoms with Crippen LogP contribution in [0, 0.1) is 26.1 Å². The van der Waals surface area contributed by atoms with Gasteiger partial charge in [0.05, 0.1) is 22.6 Å². The van der Waals surface area contributed by atoms with Crippen molar-refractivity contribution in [1.82, 2.24) is 4.73 Å². The molecule has 10 heteroatoms. The lowest BCUT2D eigenvalue weighted by Crippen LogP contribution is -2.43. The number of para-hydroxylation sites is 2. The van der Waals surface area contributed by atoms with Crippen molar-refractivity contribution in [1.29, 1.82) is 0 Å². The standard InChI is InChI=1S/C13H13N3O7/c17-6-8-7-22-13(23-12(8)16(20)21)11-5-14(18)9-3-1-2-4-10(9)15(11)19/h1-5,8,12-13,17H,6-7H2. The summed E-state index contributed by atoms with van der Waals surface area (Å²) >= 11 is 0. The number of nitro groups is 1. The maximum Gasteiger partial charge on any atom is 0.325 e. The van der Waals surface area contributed by atoms with E-state index in [0.29, 0.717) is 9.16 Å². The van der Waals surface area contributed by atoms with E-state index >= 15 is 0 Å². The van der Waals surface area contributed by atoms with Gasteiger partial charge >= 0.3 is 6.23 Å². The molecule has 23 heavy (non-hydrogen) atoms. The number of aromatic nitrogens is 2. The van der Waals surface area contributed by atoms with E-state index in [1.54, 1.807) is 12.1 Å². The van der Waals surface area contributed by atoms with Crippen LogP contribution in [-0.4, -0.2) is 34.2 Å². The summed E-state index contributed by atoms with van der Waals surface area (Å²) in [4.78, 5) is 22.3. The summed E-state index contributed by atoms with van der Waals surface area (Å²) in [6.07, 6.45) is -1.92. The quantitative estimate of drug-likeness (QED) is 0.483. The average molecular weight is 323 g/mol. The van der Waals surface area contributed by atoms with Crippen LogP contribution in [-0.2, 0) is 9.47 Å². The summed E-state index contributed by atoms with van der Waals surface area (Å²) in [5.41, 5.74) is 0.0530. The van der Waals surface area contributed by atoms with Gasteiger partial charge in [0.25, 0.3) is 11.7 Å². The molecule has 2 heterocycles. The molecular weight excluding hydrogens is 310 g/mol. The molecule has 1 aromatic carbocycles. The second-order valence-corrected chi connectivity index (χ2v) is 5.08. The zero-order valence-corrected chi connectivity index (χ0v) is 11.8. The largest absolute Gasteiger partial charge is 0.805 e. The maximum absolute atomic E-state index is 12.4. The Bertz CT molecular complexity index is 806. The zero-order chi connectivity index (χ0) is 16.6. The number of aliphatic hydroxyl groups is 1. The monoisotopic (exact) mass is 323 g/mol. The Labute approximate surface area is 128 Å². The average Bonchev–Trinajstić information content (AvgIpc) is 2.57. The molecule has 1 aliphatic heterocycles. The van der Waals surface area contributed by atoms with Gasteiger partial charge < -0.3 is 19.8 Å². The summed E-state index contributed by atoms with van der Waals surface area (Å²) in [7, 11) is 0. The Hall–Kier alpha value is -2.56. The molecule has 0 spiro atoms. The molecule has 0 bridgehead atoms. The van der Waals surface area contributed by atoms with Crippen LogP contribution in [0.1, 0.15) is 12.0 Å². The van der Waals surface area contributed by atoms with Crippen LogP contribution in [0.15, 0.2) is 30.5 Å². The van der Waals surface area contributed by atoms with Crippen molar-refractivity contribution in [3.63, 3.8) is 0 Å². The second-order valence-electron chi connectivity index (χ2n) is 5.08. The fraction of sp³-hybridized carbons (Fsp3) is 0.385. The first-order valence-electron chi connectivity index (χ1n) is 6.78. The fourth-order valence-electron chi connectivity index (χ4n) is 2.45. The summed E-state index contributed by atoms with van der Waals surface area (Å²) in [6.45, 7) is -0.659. The lowest BCUT2D eigenvalue weighted by atomic mass is 10.1. The molecule has 1 aromatic heterocycles. The van der Waals surface area contributed by atoms with E-state index in [1.165, 1.54) is 12.1 Å². The summed E-state index contributed by atoms with van der Waals surface area (Å²) in [5, 5.41) is 32.5. The first-order chi connectivity index (χ1) is 11.0. The van der Waals surface area contributed by atoms with Crippen molar-refractivity contribution in [2.45, 2.75) is 12.5 Å². The normalized spacial score (nSPS) is 24.7. The third-order valence-electron chi connectivity index (χ3n) is 3.63. The third kappa shape index (κ3) is 2.63. The molecule has 10 nitrogen and oxygen atoms in total. The third-order valence-corrected chi connectivity index (χ3v) is 3.63. The van der Waals surface area contributed by atoms with Gasteiger partial charge in [-0.2, -0.15) is 0 Å². The number of hydrogen-bond acceptors (Lipinski definition) is 7. The first-order valence-corrected chi connectivity index (χ1v) is 6.78. The van der Waals surface area contributed by atoms with Gasteiger partial charge in [0, 0.05) is 11.0 Å². The Morgan fingerprint density at radius 3 is 2.87 bits per heavy atom. The highest BCUT2D eigenvalue weighted by molar-refractivity contribution is 5.71. The number of nitrogens with zero attached hydrogens (tertiary/aromatic N) is 3. The predicted molar refractivity (Wildman–Crippen MR) is 75.2 cm³/mol. The minimum absolute atomic E-state index is 0.0918. The van der Waals surface area contributed by atoms with E-state index in [4.69, 9.17) is 14.6 Å². The van der Waals surface area contributed by atoms with Gasteiger partial charge in [0.1, 0.15) is 17.1 Å². The molecule has 1 N–H and O–H groups in total. The highest BCUT2D eigenvalue weighted by Crippen LogP contribution is 2.29. The SMILES string of the molecule is O=[N+]([O-])C1OC(c2c[n+](=O)c3ccccc3n2[O-])OCC1CO. The maximum atomic E-state index is 12.4. The van der Waals surface area contributed by atoms with Crippen LogP contribution >= 0.6 is 0 Å². The predicted octanol–water partition coefficient (Wildman–Crippen LogP) is 0.158. The molecule has 122 valence electrons. The van der Waals surface area contributed by atoms with Crippen LogP contribution in [0.25, 0.3) is 11.0 Å². The van der Waals surface area contributed by atoms with E-state index in [0.717, 1.165) is 6.20 Å². The highest BCUT2D eigenvalue weighted by Gasteiger charge is 2.41. The van der Waals surface area contributed by atoms with Gasteiger partial charge in [-0.3, -0.25) is 14.9 Å². The smallest absolute Gasteiger partial charge is 0.325 e. The number of ether oxygens (including phenoxy) is 2. The van der Waals surface area contributed by atoms with Crippen molar-refractivity contribution in [2.24, 2.45) is 5.92 Å². The summed E-state index contributed by atoms with van der Waals surface area (Å²) in [5.74, 6) is -0.846. The number of rotatable bonds is 3. The topological polar surface area (TPSA) is 133 Å². The molecule has 3 rings (SSSR count). The second kappa shape index (κ2) is 5.91. The van der Waals surface area contributed by atoms with Gasteiger partial charge in [0.2, 0.25) is 6.29 Å². The lowest BCUT2D eigenvalue weighted by Gasteiger charge is -2.31.